The predicted molar refractivity (Wildman–Crippen MR) is 167 cm³/mol. The maximum Gasteiger partial charge on any atom is 0.129 e. The Morgan fingerprint density at radius 2 is 1.69 bits per heavy atom. The number of nitrogens with zero attached hydrogens (tertiary/aromatic N) is 1. The lowest BCUT2D eigenvalue weighted by atomic mass is 9.97. The third kappa shape index (κ3) is 7.08. The first kappa shape index (κ1) is 29.1. The number of rotatable bonds is 13. The van der Waals surface area contributed by atoms with Gasteiger partial charge in [0.05, 0.1) is 11.6 Å². The lowest BCUT2D eigenvalue weighted by Crippen LogP contribution is -2.18. The zero-order valence-corrected chi connectivity index (χ0v) is 24.5. The van der Waals surface area contributed by atoms with Gasteiger partial charge in [0.15, 0.2) is 0 Å². The Hall–Kier alpha value is -4.40. The molecule has 0 saturated carbocycles. The van der Waals surface area contributed by atoms with Crippen LogP contribution < -0.4 is 14.8 Å². The third-order valence-electron chi connectivity index (χ3n) is 7.99. The van der Waals surface area contributed by atoms with E-state index < -0.39 is 0 Å². The van der Waals surface area contributed by atoms with Crippen LogP contribution in [-0.2, 0) is 37.4 Å². The smallest absolute Gasteiger partial charge is 0.129 e. The fourth-order valence-electron chi connectivity index (χ4n) is 5.74. The van der Waals surface area contributed by atoms with Gasteiger partial charge in [0.2, 0.25) is 0 Å². The Morgan fingerprint density at radius 1 is 0.905 bits per heavy atom. The number of Topliss-reactive ketones (excluding diaryl/α,β-unsaturated/α-hetero) is 1. The van der Waals surface area contributed by atoms with E-state index in [1.165, 1.54) is 27.8 Å². The average molecular weight is 559 g/mol. The molecule has 0 fully saturated rings. The standard InChI is InChI=1S/C37H38N2O3/c1-26(40)10-9-19-39-23-35-33-17-8-18-34(33)36(21-37(35)41-24-29-12-6-11-28(20-29)22-38)42-25-31-15-7-16-32(27(31)2)30-13-4-3-5-14-30/h3-7,11-16,20-21,39H,8-10,17-19,23-25H2,1-2H3. The van der Waals surface area contributed by atoms with E-state index in [9.17, 15) is 10.1 Å². The summed E-state index contributed by atoms with van der Waals surface area (Å²) in [6, 6.07) is 28.7. The summed E-state index contributed by atoms with van der Waals surface area (Å²) in [4.78, 5) is 11.4. The quantitative estimate of drug-likeness (QED) is 0.171. The van der Waals surface area contributed by atoms with Crippen molar-refractivity contribution in [2.45, 2.75) is 65.7 Å². The van der Waals surface area contributed by atoms with E-state index in [1.54, 1.807) is 13.0 Å². The minimum Gasteiger partial charge on any atom is -0.488 e. The van der Waals surface area contributed by atoms with Crippen LogP contribution in [0.4, 0.5) is 0 Å². The van der Waals surface area contributed by atoms with Crippen LogP contribution in [0.1, 0.15) is 65.1 Å². The maximum atomic E-state index is 11.4. The highest BCUT2D eigenvalue weighted by atomic mass is 16.5. The molecule has 5 rings (SSSR count). The molecule has 42 heavy (non-hydrogen) atoms. The topological polar surface area (TPSA) is 71.3 Å². The van der Waals surface area contributed by atoms with Crippen molar-refractivity contribution in [1.82, 2.24) is 5.32 Å². The Morgan fingerprint density at radius 3 is 2.50 bits per heavy atom. The molecule has 0 heterocycles. The highest BCUT2D eigenvalue weighted by molar-refractivity contribution is 5.75. The van der Waals surface area contributed by atoms with Crippen LogP contribution in [0.25, 0.3) is 11.1 Å². The fourth-order valence-corrected chi connectivity index (χ4v) is 5.74. The normalized spacial score (nSPS) is 12.0. The van der Waals surface area contributed by atoms with Gasteiger partial charge in [-0.3, -0.25) is 0 Å². The summed E-state index contributed by atoms with van der Waals surface area (Å²) in [5.41, 5.74) is 10.1. The van der Waals surface area contributed by atoms with E-state index in [0.29, 0.717) is 31.7 Å². The molecule has 0 bridgehead atoms. The first-order valence-electron chi connectivity index (χ1n) is 14.8. The minimum absolute atomic E-state index is 0.215. The lowest BCUT2D eigenvalue weighted by Gasteiger charge is -2.20. The second kappa shape index (κ2) is 14.0. The van der Waals surface area contributed by atoms with Crippen molar-refractivity contribution >= 4 is 5.78 Å². The highest BCUT2D eigenvalue weighted by Crippen LogP contribution is 2.40. The van der Waals surface area contributed by atoms with Gasteiger partial charge < -0.3 is 19.6 Å². The Kier molecular flexibility index (Phi) is 9.69. The summed E-state index contributed by atoms with van der Waals surface area (Å²) in [5, 5.41) is 12.9. The monoisotopic (exact) mass is 558 g/mol. The van der Waals surface area contributed by atoms with Gasteiger partial charge in [-0.05, 0) is 97.2 Å². The van der Waals surface area contributed by atoms with Crippen molar-refractivity contribution in [3.8, 4) is 28.7 Å². The molecule has 4 aromatic carbocycles. The second-order valence-corrected chi connectivity index (χ2v) is 11.0. The van der Waals surface area contributed by atoms with Crippen LogP contribution in [0.3, 0.4) is 0 Å². The summed E-state index contributed by atoms with van der Waals surface area (Å²) in [6.45, 7) is 6.09. The van der Waals surface area contributed by atoms with Crippen molar-refractivity contribution in [3.63, 3.8) is 0 Å². The molecular weight excluding hydrogens is 520 g/mol. The molecule has 0 unspecified atom stereocenters. The summed E-state index contributed by atoms with van der Waals surface area (Å²) in [5.74, 6) is 1.90. The third-order valence-corrected chi connectivity index (χ3v) is 7.99. The minimum atomic E-state index is 0.215. The molecule has 5 heteroatoms. The molecule has 0 aliphatic heterocycles. The Bertz CT molecular complexity index is 1590. The van der Waals surface area contributed by atoms with Gasteiger partial charge in [0.1, 0.15) is 30.5 Å². The lowest BCUT2D eigenvalue weighted by molar-refractivity contribution is -0.117. The fraction of sp³-hybridized carbons (Fsp3) is 0.297. The number of nitriles is 1. The number of carbonyl (C=O) groups is 1. The number of nitrogens with one attached hydrogen (secondary N) is 1. The van der Waals surface area contributed by atoms with E-state index in [4.69, 9.17) is 9.47 Å². The molecule has 1 aliphatic carbocycles. The van der Waals surface area contributed by atoms with Crippen LogP contribution in [0.2, 0.25) is 0 Å². The van der Waals surface area contributed by atoms with Crippen LogP contribution in [0.5, 0.6) is 11.5 Å². The van der Waals surface area contributed by atoms with E-state index in [0.717, 1.165) is 60.4 Å². The van der Waals surface area contributed by atoms with Crippen LogP contribution in [0, 0.1) is 18.3 Å². The Balaban J connectivity index is 1.40. The molecule has 0 spiro atoms. The molecule has 4 aromatic rings. The van der Waals surface area contributed by atoms with E-state index >= 15 is 0 Å². The maximum absolute atomic E-state index is 11.4. The van der Waals surface area contributed by atoms with Gasteiger partial charge in [-0.25, -0.2) is 0 Å². The SMILES string of the molecule is CC(=O)CCCNCc1c(OCc2cccc(C#N)c2)cc(OCc2cccc(-c3ccccc3)c2C)c2c1CCC2. The molecular formula is C37H38N2O3. The molecule has 0 saturated heterocycles. The molecule has 1 aliphatic rings. The van der Waals surface area contributed by atoms with Gasteiger partial charge >= 0.3 is 0 Å². The van der Waals surface area contributed by atoms with Crippen molar-refractivity contribution in [2.75, 3.05) is 6.54 Å². The van der Waals surface area contributed by atoms with Gasteiger partial charge in [0.25, 0.3) is 0 Å². The number of ether oxygens (including phenoxy) is 2. The van der Waals surface area contributed by atoms with Gasteiger partial charge in [-0.1, -0.05) is 60.7 Å². The van der Waals surface area contributed by atoms with Crippen molar-refractivity contribution in [3.05, 3.63) is 118 Å². The molecule has 1 N–H and O–H groups in total. The number of fused-ring (bicyclic) bond motifs is 1. The van der Waals surface area contributed by atoms with E-state index in [1.807, 2.05) is 24.3 Å². The van der Waals surface area contributed by atoms with E-state index in [2.05, 4.69) is 66.8 Å². The summed E-state index contributed by atoms with van der Waals surface area (Å²) >= 11 is 0. The first-order valence-corrected chi connectivity index (χ1v) is 14.8. The largest absolute Gasteiger partial charge is 0.488 e. The van der Waals surface area contributed by atoms with Gasteiger partial charge in [-0.15, -0.1) is 0 Å². The predicted octanol–water partition coefficient (Wildman–Crippen LogP) is 7.64. The van der Waals surface area contributed by atoms with Crippen LogP contribution in [-0.4, -0.2) is 12.3 Å². The molecule has 0 aromatic heterocycles. The zero-order chi connectivity index (χ0) is 29.3. The summed E-state index contributed by atoms with van der Waals surface area (Å²) in [6.07, 6.45) is 4.45. The number of carbonyl (C=O) groups excluding carboxylic acids is 1. The number of benzene rings is 4. The highest BCUT2D eigenvalue weighted by Gasteiger charge is 2.24. The van der Waals surface area contributed by atoms with Crippen molar-refractivity contribution in [2.24, 2.45) is 0 Å². The van der Waals surface area contributed by atoms with Crippen molar-refractivity contribution in [1.29, 1.82) is 5.26 Å². The molecule has 214 valence electrons. The van der Waals surface area contributed by atoms with Gasteiger partial charge in [-0.2, -0.15) is 5.26 Å². The Labute approximate surface area is 249 Å². The van der Waals surface area contributed by atoms with E-state index in [-0.39, 0.29) is 5.78 Å². The molecule has 0 radical (unpaired) electrons. The summed E-state index contributed by atoms with van der Waals surface area (Å²) < 4.78 is 13.0. The summed E-state index contributed by atoms with van der Waals surface area (Å²) in [7, 11) is 0. The number of hydrogen-bond acceptors (Lipinski definition) is 5. The second-order valence-electron chi connectivity index (χ2n) is 11.0. The average Bonchev–Trinajstić information content (AvgIpc) is 3.51. The molecule has 0 atom stereocenters. The van der Waals surface area contributed by atoms with Crippen LogP contribution >= 0.6 is 0 Å². The first-order chi connectivity index (χ1) is 20.5. The van der Waals surface area contributed by atoms with Crippen LogP contribution in [0.15, 0.2) is 78.9 Å². The molecule has 0 amide bonds. The number of ketones is 1. The van der Waals surface area contributed by atoms with Gasteiger partial charge in [0, 0.05) is 24.6 Å². The number of hydrogen-bond donors (Lipinski definition) is 1. The zero-order valence-electron chi connectivity index (χ0n) is 24.5. The van der Waals surface area contributed by atoms with Crippen molar-refractivity contribution < 1.29 is 14.3 Å². The molecule has 5 nitrogen and oxygen atoms in total.